The van der Waals surface area contributed by atoms with Crippen LogP contribution in [0.1, 0.15) is 12.5 Å². The van der Waals surface area contributed by atoms with Crippen molar-refractivity contribution in [3.63, 3.8) is 0 Å². The summed E-state index contributed by atoms with van der Waals surface area (Å²) in [5.74, 6) is -0.0183. The standard InChI is InChI=1S/C17H15ClF2N2O3/c1-11(12-6-8-13(9-7-12)25-17(19)20)21-22-16(23)10-24-15-5-3-2-4-14(15)18/h2-9,17H,10H2,1H3,(H,22,23)/b21-11-. The quantitative estimate of drug-likeness (QED) is 0.596. The third-order valence-electron chi connectivity index (χ3n) is 3.04. The fourth-order valence-electron chi connectivity index (χ4n) is 1.83. The molecule has 0 unspecified atom stereocenters. The van der Waals surface area contributed by atoms with Gasteiger partial charge in [0.05, 0.1) is 10.7 Å². The van der Waals surface area contributed by atoms with E-state index < -0.39 is 12.5 Å². The fourth-order valence-corrected chi connectivity index (χ4v) is 2.02. The molecule has 0 heterocycles. The maximum atomic E-state index is 12.1. The molecule has 2 rings (SSSR count). The number of para-hydroxylation sites is 1. The third-order valence-corrected chi connectivity index (χ3v) is 3.35. The van der Waals surface area contributed by atoms with Gasteiger partial charge in [0.1, 0.15) is 11.5 Å². The van der Waals surface area contributed by atoms with Gasteiger partial charge in [0.2, 0.25) is 0 Å². The summed E-state index contributed by atoms with van der Waals surface area (Å²) in [6.07, 6.45) is 0. The van der Waals surface area contributed by atoms with Gasteiger partial charge in [0, 0.05) is 0 Å². The Morgan fingerprint density at radius 2 is 1.88 bits per heavy atom. The second-order valence-electron chi connectivity index (χ2n) is 4.85. The van der Waals surface area contributed by atoms with Crippen LogP contribution in [-0.2, 0) is 4.79 Å². The highest BCUT2D eigenvalue weighted by Gasteiger charge is 2.07. The van der Waals surface area contributed by atoms with Crippen LogP contribution in [-0.4, -0.2) is 24.8 Å². The van der Waals surface area contributed by atoms with E-state index in [2.05, 4.69) is 15.3 Å². The molecule has 0 saturated carbocycles. The third kappa shape index (κ3) is 6.04. The molecule has 1 amide bonds. The predicted octanol–water partition coefficient (Wildman–Crippen LogP) is 3.86. The van der Waals surface area contributed by atoms with Crippen molar-refractivity contribution in [2.75, 3.05) is 6.61 Å². The molecule has 0 saturated heterocycles. The van der Waals surface area contributed by atoms with Gasteiger partial charge in [-0.15, -0.1) is 0 Å². The fraction of sp³-hybridized carbons (Fsp3) is 0.176. The molecule has 25 heavy (non-hydrogen) atoms. The zero-order chi connectivity index (χ0) is 18.2. The van der Waals surface area contributed by atoms with Gasteiger partial charge in [-0.3, -0.25) is 4.79 Å². The van der Waals surface area contributed by atoms with Gasteiger partial charge in [-0.2, -0.15) is 13.9 Å². The Morgan fingerprint density at radius 1 is 1.20 bits per heavy atom. The van der Waals surface area contributed by atoms with E-state index in [0.29, 0.717) is 22.0 Å². The summed E-state index contributed by atoms with van der Waals surface area (Å²) in [6.45, 7) is -1.46. The van der Waals surface area contributed by atoms with Crippen LogP contribution in [0.25, 0.3) is 0 Å². The summed E-state index contributed by atoms with van der Waals surface area (Å²) in [4.78, 5) is 11.7. The molecule has 2 aromatic carbocycles. The summed E-state index contributed by atoms with van der Waals surface area (Å²) >= 11 is 5.92. The van der Waals surface area contributed by atoms with Crippen molar-refractivity contribution in [2.24, 2.45) is 5.10 Å². The minimum absolute atomic E-state index is 0.0451. The lowest BCUT2D eigenvalue weighted by Gasteiger charge is -2.07. The topological polar surface area (TPSA) is 59.9 Å². The number of rotatable bonds is 7. The normalized spacial score (nSPS) is 11.3. The number of hydrogen-bond acceptors (Lipinski definition) is 4. The average Bonchev–Trinajstić information content (AvgIpc) is 2.59. The molecule has 0 aromatic heterocycles. The number of hydrogen-bond donors (Lipinski definition) is 1. The van der Waals surface area contributed by atoms with Gasteiger partial charge in [-0.1, -0.05) is 23.7 Å². The second kappa shape index (κ2) is 8.98. The van der Waals surface area contributed by atoms with Crippen LogP contribution in [0, 0.1) is 0 Å². The Balaban J connectivity index is 1.87. The lowest BCUT2D eigenvalue weighted by molar-refractivity contribution is -0.123. The minimum atomic E-state index is -2.88. The van der Waals surface area contributed by atoms with Crippen molar-refractivity contribution in [1.29, 1.82) is 0 Å². The van der Waals surface area contributed by atoms with Gasteiger partial charge in [-0.05, 0) is 48.9 Å². The van der Waals surface area contributed by atoms with Crippen molar-refractivity contribution in [3.8, 4) is 11.5 Å². The number of hydrazone groups is 1. The molecule has 2 aromatic rings. The van der Waals surface area contributed by atoms with E-state index in [1.807, 2.05) is 0 Å². The van der Waals surface area contributed by atoms with E-state index in [4.69, 9.17) is 16.3 Å². The Labute approximate surface area is 148 Å². The monoisotopic (exact) mass is 368 g/mol. The zero-order valence-electron chi connectivity index (χ0n) is 13.2. The molecular formula is C17H15ClF2N2O3. The first-order valence-electron chi connectivity index (χ1n) is 7.21. The summed E-state index contributed by atoms with van der Waals surface area (Å²) in [5, 5.41) is 4.34. The minimum Gasteiger partial charge on any atom is -0.482 e. The maximum Gasteiger partial charge on any atom is 0.387 e. The molecule has 1 N–H and O–H groups in total. The SMILES string of the molecule is C/C(=N/NC(=O)COc1ccccc1Cl)c1ccc(OC(F)F)cc1. The lowest BCUT2D eigenvalue weighted by Crippen LogP contribution is -2.25. The smallest absolute Gasteiger partial charge is 0.387 e. The molecule has 0 aliphatic heterocycles. The van der Waals surface area contributed by atoms with Crippen LogP contribution in [0.5, 0.6) is 11.5 Å². The van der Waals surface area contributed by atoms with Gasteiger partial charge >= 0.3 is 6.61 Å². The number of carbonyl (C=O) groups excluding carboxylic acids is 1. The highest BCUT2D eigenvalue weighted by molar-refractivity contribution is 6.32. The van der Waals surface area contributed by atoms with Crippen LogP contribution in [0.2, 0.25) is 5.02 Å². The average molecular weight is 369 g/mol. The lowest BCUT2D eigenvalue weighted by atomic mass is 10.1. The first-order valence-corrected chi connectivity index (χ1v) is 7.59. The molecule has 5 nitrogen and oxygen atoms in total. The highest BCUT2D eigenvalue weighted by Crippen LogP contribution is 2.22. The molecule has 0 bridgehead atoms. The number of amides is 1. The van der Waals surface area contributed by atoms with E-state index in [1.54, 1.807) is 43.3 Å². The molecular weight excluding hydrogens is 354 g/mol. The van der Waals surface area contributed by atoms with Crippen molar-refractivity contribution in [2.45, 2.75) is 13.5 Å². The maximum absolute atomic E-state index is 12.1. The number of alkyl halides is 2. The molecule has 0 aliphatic carbocycles. The summed E-state index contributed by atoms with van der Waals surface area (Å²) in [5.41, 5.74) is 3.49. The van der Waals surface area contributed by atoms with Crippen LogP contribution in [0.3, 0.4) is 0 Å². The van der Waals surface area contributed by atoms with Crippen LogP contribution < -0.4 is 14.9 Å². The highest BCUT2D eigenvalue weighted by atomic mass is 35.5. The van der Waals surface area contributed by atoms with Gasteiger partial charge < -0.3 is 9.47 Å². The van der Waals surface area contributed by atoms with Crippen molar-refractivity contribution < 1.29 is 23.0 Å². The molecule has 0 spiro atoms. The molecule has 132 valence electrons. The van der Waals surface area contributed by atoms with Crippen molar-refractivity contribution in [3.05, 3.63) is 59.1 Å². The largest absolute Gasteiger partial charge is 0.482 e. The van der Waals surface area contributed by atoms with Gasteiger partial charge in [0.15, 0.2) is 6.61 Å². The van der Waals surface area contributed by atoms with E-state index in [1.165, 1.54) is 12.1 Å². The number of carbonyl (C=O) groups is 1. The summed E-state index contributed by atoms with van der Waals surface area (Å²) in [6, 6.07) is 12.7. The van der Waals surface area contributed by atoms with E-state index >= 15 is 0 Å². The molecule has 0 atom stereocenters. The molecule has 8 heteroatoms. The van der Waals surface area contributed by atoms with E-state index in [-0.39, 0.29) is 12.4 Å². The molecule has 0 radical (unpaired) electrons. The predicted molar refractivity (Wildman–Crippen MR) is 90.4 cm³/mol. The number of benzene rings is 2. The first kappa shape index (κ1) is 18.7. The van der Waals surface area contributed by atoms with Crippen LogP contribution in [0.15, 0.2) is 53.6 Å². The van der Waals surface area contributed by atoms with Gasteiger partial charge in [0.25, 0.3) is 5.91 Å². The zero-order valence-corrected chi connectivity index (χ0v) is 14.0. The van der Waals surface area contributed by atoms with Crippen LogP contribution >= 0.6 is 11.6 Å². The van der Waals surface area contributed by atoms with Gasteiger partial charge in [-0.25, -0.2) is 5.43 Å². The van der Waals surface area contributed by atoms with Crippen molar-refractivity contribution in [1.82, 2.24) is 5.43 Å². The Hall–Kier alpha value is -2.67. The summed E-state index contributed by atoms with van der Waals surface area (Å²) < 4.78 is 33.7. The first-order chi connectivity index (χ1) is 12.0. The Bertz CT molecular complexity index is 752. The number of halogens is 3. The van der Waals surface area contributed by atoms with Crippen molar-refractivity contribution >= 4 is 23.2 Å². The summed E-state index contributed by atoms with van der Waals surface area (Å²) in [7, 11) is 0. The van der Waals surface area contributed by atoms with Crippen LogP contribution in [0.4, 0.5) is 8.78 Å². The molecule has 0 fully saturated rings. The van der Waals surface area contributed by atoms with E-state index in [0.717, 1.165) is 0 Å². The Kier molecular flexibility index (Phi) is 6.71. The Morgan fingerprint density at radius 3 is 2.52 bits per heavy atom. The second-order valence-corrected chi connectivity index (χ2v) is 5.26. The number of nitrogens with one attached hydrogen (secondary N) is 1. The number of nitrogens with zero attached hydrogens (tertiary/aromatic N) is 1. The number of ether oxygens (including phenoxy) is 2. The van der Waals surface area contributed by atoms with E-state index in [9.17, 15) is 13.6 Å². The molecule has 0 aliphatic rings.